The summed E-state index contributed by atoms with van der Waals surface area (Å²) in [5.74, 6) is 1.39. The molecule has 0 radical (unpaired) electrons. The van der Waals surface area contributed by atoms with Crippen LogP contribution < -0.4 is 5.32 Å². The molecule has 1 heterocycles. The number of benzene rings is 1. The van der Waals surface area contributed by atoms with Gasteiger partial charge in [0.2, 0.25) is 11.8 Å². The molecule has 4 heteroatoms. The second kappa shape index (κ2) is 6.51. The van der Waals surface area contributed by atoms with Crippen LogP contribution in [0.15, 0.2) is 30.3 Å². The fourth-order valence-corrected chi connectivity index (χ4v) is 3.33. The maximum Gasteiger partial charge on any atom is 0.223 e. The highest BCUT2D eigenvalue weighted by Gasteiger charge is 2.34. The molecule has 0 aromatic heterocycles. The Balaban J connectivity index is 1.78. The zero-order valence-corrected chi connectivity index (χ0v) is 13.1. The monoisotopic (exact) mass is 300 g/mol. The number of amides is 2. The van der Waals surface area contributed by atoms with Crippen molar-refractivity contribution >= 4 is 11.8 Å². The van der Waals surface area contributed by atoms with Crippen molar-refractivity contribution in [1.82, 2.24) is 10.2 Å². The molecule has 2 amide bonds. The zero-order valence-electron chi connectivity index (χ0n) is 13.1. The van der Waals surface area contributed by atoms with Crippen molar-refractivity contribution in [3.8, 4) is 0 Å². The highest BCUT2D eigenvalue weighted by atomic mass is 16.2. The molecule has 2 aliphatic rings. The molecule has 2 fully saturated rings. The lowest BCUT2D eigenvalue weighted by atomic mass is 9.98. The van der Waals surface area contributed by atoms with Gasteiger partial charge in [-0.15, -0.1) is 0 Å². The molecular formula is C18H24N2O2. The number of hydrogen-bond acceptors (Lipinski definition) is 2. The van der Waals surface area contributed by atoms with E-state index in [1.807, 2.05) is 35.2 Å². The smallest absolute Gasteiger partial charge is 0.223 e. The fraction of sp³-hybridized carbons (Fsp3) is 0.556. The van der Waals surface area contributed by atoms with Crippen molar-refractivity contribution < 1.29 is 9.59 Å². The molecule has 0 unspecified atom stereocenters. The number of rotatable bonds is 4. The lowest BCUT2D eigenvalue weighted by Gasteiger charge is -2.30. The molecule has 118 valence electrons. The van der Waals surface area contributed by atoms with Crippen LogP contribution in [0.3, 0.4) is 0 Å². The van der Waals surface area contributed by atoms with Gasteiger partial charge in [-0.25, -0.2) is 0 Å². The van der Waals surface area contributed by atoms with Crippen molar-refractivity contribution in [2.75, 3.05) is 13.1 Å². The molecular weight excluding hydrogens is 276 g/mol. The van der Waals surface area contributed by atoms with Gasteiger partial charge >= 0.3 is 0 Å². The van der Waals surface area contributed by atoms with Crippen LogP contribution in [0.25, 0.3) is 0 Å². The first-order chi connectivity index (χ1) is 10.6. The quantitative estimate of drug-likeness (QED) is 0.929. The summed E-state index contributed by atoms with van der Waals surface area (Å²) in [6, 6.07) is 9.77. The Morgan fingerprint density at radius 2 is 2.05 bits per heavy atom. The number of nitrogens with one attached hydrogen (secondary N) is 1. The summed E-state index contributed by atoms with van der Waals surface area (Å²) in [4.78, 5) is 26.6. The standard InChI is InChI=1S/C18H24N2O2/c1-13(14-7-8-14)11-18(22)20-10-9-19-17(21)12-16(20)15-5-3-2-4-6-15/h2-6,13-14,16H,7-12H2,1H3,(H,19,21)/t13-,16+/m0/s1. The first-order valence-corrected chi connectivity index (χ1v) is 8.26. The third kappa shape index (κ3) is 3.49. The van der Waals surface area contributed by atoms with E-state index in [1.165, 1.54) is 12.8 Å². The predicted molar refractivity (Wildman–Crippen MR) is 85.0 cm³/mol. The van der Waals surface area contributed by atoms with Gasteiger partial charge in [0.05, 0.1) is 12.5 Å². The average Bonchev–Trinajstić information content (AvgIpc) is 3.35. The third-order valence-electron chi connectivity index (χ3n) is 4.86. The number of nitrogens with zero attached hydrogens (tertiary/aromatic N) is 1. The predicted octanol–water partition coefficient (Wildman–Crippen LogP) is 2.51. The summed E-state index contributed by atoms with van der Waals surface area (Å²) in [5.41, 5.74) is 1.05. The minimum Gasteiger partial charge on any atom is -0.354 e. The van der Waals surface area contributed by atoms with Crippen LogP contribution in [0.1, 0.15) is 44.2 Å². The van der Waals surface area contributed by atoms with Crippen LogP contribution in [-0.2, 0) is 9.59 Å². The summed E-state index contributed by atoms with van der Waals surface area (Å²) in [6.45, 7) is 3.32. The molecule has 3 rings (SSSR count). The summed E-state index contributed by atoms with van der Waals surface area (Å²) in [7, 11) is 0. The van der Waals surface area contributed by atoms with Crippen molar-refractivity contribution in [2.24, 2.45) is 11.8 Å². The third-order valence-corrected chi connectivity index (χ3v) is 4.86. The van der Waals surface area contributed by atoms with E-state index in [0.717, 1.165) is 11.5 Å². The van der Waals surface area contributed by atoms with E-state index in [2.05, 4.69) is 12.2 Å². The van der Waals surface area contributed by atoms with Crippen LogP contribution in [0, 0.1) is 11.8 Å². The van der Waals surface area contributed by atoms with Crippen LogP contribution in [0.2, 0.25) is 0 Å². The van der Waals surface area contributed by atoms with E-state index in [9.17, 15) is 9.59 Å². The van der Waals surface area contributed by atoms with E-state index in [-0.39, 0.29) is 17.9 Å². The largest absolute Gasteiger partial charge is 0.354 e. The minimum atomic E-state index is -0.136. The van der Waals surface area contributed by atoms with Gasteiger partial charge in [0.15, 0.2) is 0 Å². The molecule has 1 aromatic rings. The Bertz CT molecular complexity index is 539. The zero-order chi connectivity index (χ0) is 15.5. The Kier molecular flexibility index (Phi) is 4.46. The van der Waals surface area contributed by atoms with Crippen molar-refractivity contribution in [2.45, 2.75) is 38.6 Å². The molecule has 1 saturated heterocycles. The van der Waals surface area contributed by atoms with E-state index in [4.69, 9.17) is 0 Å². The summed E-state index contributed by atoms with van der Waals surface area (Å²) in [6.07, 6.45) is 3.48. The Morgan fingerprint density at radius 3 is 2.73 bits per heavy atom. The van der Waals surface area contributed by atoms with E-state index >= 15 is 0 Å². The second-order valence-corrected chi connectivity index (χ2v) is 6.59. The maximum atomic E-state index is 12.8. The van der Waals surface area contributed by atoms with Crippen LogP contribution in [0.4, 0.5) is 0 Å². The first kappa shape index (κ1) is 15.1. The van der Waals surface area contributed by atoms with Gasteiger partial charge in [0.1, 0.15) is 0 Å². The highest BCUT2D eigenvalue weighted by molar-refractivity contribution is 5.81. The first-order valence-electron chi connectivity index (χ1n) is 8.26. The number of hydrogen-bond donors (Lipinski definition) is 1. The second-order valence-electron chi connectivity index (χ2n) is 6.59. The van der Waals surface area contributed by atoms with Gasteiger partial charge in [-0.05, 0) is 30.2 Å². The summed E-state index contributed by atoms with van der Waals surface area (Å²) >= 11 is 0. The Labute approximate surface area is 131 Å². The van der Waals surface area contributed by atoms with Gasteiger partial charge < -0.3 is 10.2 Å². The summed E-state index contributed by atoms with van der Waals surface area (Å²) in [5, 5.41) is 2.88. The minimum absolute atomic E-state index is 0.0272. The molecule has 1 N–H and O–H groups in total. The fourth-order valence-electron chi connectivity index (χ4n) is 3.33. The van der Waals surface area contributed by atoms with Gasteiger partial charge in [-0.2, -0.15) is 0 Å². The van der Waals surface area contributed by atoms with Crippen molar-refractivity contribution in [1.29, 1.82) is 0 Å². The molecule has 0 spiro atoms. The maximum absolute atomic E-state index is 12.8. The lowest BCUT2D eigenvalue weighted by molar-refractivity contribution is -0.134. The molecule has 22 heavy (non-hydrogen) atoms. The molecule has 1 aromatic carbocycles. The van der Waals surface area contributed by atoms with Crippen molar-refractivity contribution in [3.05, 3.63) is 35.9 Å². The van der Waals surface area contributed by atoms with Gasteiger partial charge in [0.25, 0.3) is 0 Å². The normalized spacial score (nSPS) is 23.6. The van der Waals surface area contributed by atoms with Crippen LogP contribution >= 0.6 is 0 Å². The number of carbonyl (C=O) groups is 2. The van der Waals surface area contributed by atoms with Gasteiger partial charge in [0, 0.05) is 19.5 Å². The van der Waals surface area contributed by atoms with Gasteiger partial charge in [-0.1, -0.05) is 37.3 Å². The molecule has 1 aliphatic carbocycles. The van der Waals surface area contributed by atoms with E-state index in [0.29, 0.717) is 31.8 Å². The number of carbonyl (C=O) groups excluding carboxylic acids is 2. The average molecular weight is 300 g/mol. The molecule has 1 saturated carbocycles. The van der Waals surface area contributed by atoms with E-state index < -0.39 is 0 Å². The Hall–Kier alpha value is -1.84. The van der Waals surface area contributed by atoms with Crippen LogP contribution in [-0.4, -0.2) is 29.8 Å². The highest BCUT2D eigenvalue weighted by Crippen LogP contribution is 2.39. The topological polar surface area (TPSA) is 49.4 Å². The molecule has 2 atom stereocenters. The SMILES string of the molecule is C[C@@H](CC(=O)N1CCNC(=O)C[C@@H]1c1ccccc1)C1CC1. The lowest BCUT2D eigenvalue weighted by Crippen LogP contribution is -2.37. The Morgan fingerprint density at radius 1 is 1.32 bits per heavy atom. The summed E-state index contributed by atoms with van der Waals surface area (Å²) < 4.78 is 0. The van der Waals surface area contributed by atoms with E-state index in [1.54, 1.807) is 0 Å². The molecule has 1 aliphatic heterocycles. The van der Waals surface area contributed by atoms with Gasteiger partial charge in [-0.3, -0.25) is 9.59 Å². The van der Waals surface area contributed by atoms with Crippen LogP contribution in [0.5, 0.6) is 0 Å². The molecule has 0 bridgehead atoms. The van der Waals surface area contributed by atoms with Crippen molar-refractivity contribution in [3.63, 3.8) is 0 Å². The molecule has 4 nitrogen and oxygen atoms in total.